The number of nitrogens with zero attached hydrogens (tertiary/aromatic N) is 2. The lowest BCUT2D eigenvalue weighted by atomic mass is 10.1. The average Bonchev–Trinajstić information content (AvgIpc) is 2.76. The minimum absolute atomic E-state index is 0.0429. The number of fused-ring (bicyclic) bond motifs is 1. The molecule has 0 atom stereocenters. The molecule has 0 bridgehead atoms. The molecule has 0 unspecified atom stereocenters. The molecule has 0 aliphatic carbocycles. The topological polar surface area (TPSA) is 269 Å². The highest BCUT2D eigenvalue weighted by Gasteiger charge is 2.24. The van der Waals surface area contributed by atoms with Crippen LogP contribution in [-0.4, -0.2) is 56.4 Å². The number of hydrogen-bond acceptors (Lipinski definition) is 13. The molecule has 0 fully saturated rings. The second-order valence-corrected chi connectivity index (χ2v) is 12.2. The van der Waals surface area contributed by atoms with Crippen LogP contribution in [0.25, 0.3) is 10.8 Å². The first-order valence-corrected chi connectivity index (χ1v) is 14.8. The molecule has 200 valence electrons. The zero-order valence-electron chi connectivity index (χ0n) is 18.2. The summed E-state index contributed by atoms with van der Waals surface area (Å²) >= 11 is 0.901. The van der Waals surface area contributed by atoms with Crippen molar-refractivity contribution >= 4 is 75.9 Å². The predicted octanol–water partition coefficient (Wildman–Crippen LogP) is 2.53. The first-order chi connectivity index (χ1) is 17.0. The van der Waals surface area contributed by atoms with Crippen molar-refractivity contribution in [2.24, 2.45) is 10.2 Å². The van der Waals surface area contributed by atoms with Crippen LogP contribution in [0.2, 0.25) is 0 Å². The van der Waals surface area contributed by atoms with Crippen molar-refractivity contribution in [2.45, 2.75) is 14.7 Å². The molecule has 19 heteroatoms. The predicted molar refractivity (Wildman–Crippen MR) is 133 cm³/mol. The first kappa shape index (κ1) is 28.5. The number of benzene rings is 3. The Morgan fingerprint density at radius 2 is 1.51 bits per heavy atom. The Labute approximate surface area is 214 Å². The van der Waals surface area contributed by atoms with Gasteiger partial charge in [0.2, 0.25) is 0 Å². The number of anilines is 2. The monoisotopic (exact) mass is 594 g/mol. The summed E-state index contributed by atoms with van der Waals surface area (Å²) in [7, 11) is -14.5. The van der Waals surface area contributed by atoms with Crippen LogP contribution >= 0.6 is 11.8 Å². The minimum Gasteiger partial charge on any atom is -0.505 e. The minimum atomic E-state index is -4.97. The molecular formula is C18H18N4O11S4. The summed E-state index contributed by atoms with van der Waals surface area (Å²) in [5.41, 5.74) is 10.3. The van der Waals surface area contributed by atoms with E-state index in [0.717, 1.165) is 30.0 Å². The number of hydrogen-bond donors (Lipinski definition) is 6. The fraction of sp³-hybridized carbons (Fsp3) is 0.111. The molecule has 0 heterocycles. The summed E-state index contributed by atoms with van der Waals surface area (Å²) in [5.74, 6) is -0.864. The van der Waals surface area contributed by atoms with E-state index in [-0.39, 0.29) is 32.8 Å². The Morgan fingerprint density at radius 3 is 2.11 bits per heavy atom. The fourth-order valence-corrected chi connectivity index (χ4v) is 5.60. The Balaban J connectivity index is 2.09. The molecule has 0 spiro atoms. The van der Waals surface area contributed by atoms with Crippen LogP contribution in [0, 0.1) is 0 Å². The number of rotatable bonds is 9. The van der Waals surface area contributed by atoms with E-state index in [4.69, 9.17) is 16.0 Å². The third kappa shape index (κ3) is 6.84. The second kappa shape index (κ2) is 10.4. The SMILES string of the molecule is Nc1ccc2cc(S(=O)(=O)O)c(N=Nc3ccc(SCCOS(=O)(=O)O)cc3S(=O)(=O)O)c(O)c2c1N. The molecule has 3 aromatic rings. The Hall–Kier alpha value is -3.04. The van der Waals surface area contributed by atoms with Gasteiger partial charge in [-0.1, -0.05) is 6.07 Å². The number of thioether (sulfide) groups is 1. The van der Waals surface area contributed by atoms with E-state index in [1.54, 1.807) is 0 Å². The Bertz CT molecular complexity index is 1740. The van der Waals surface area contributed by atoms with Crippen LogP contribution in [0.4, 0.5) is 22.7 Å². The van der Waals surface area contributed by atoms with Crippen molar-refractivity contribution in [3.05, 3.63) is 36.4 Å². The third-order valence-corrected chi connectivity index (χ3v) is 7.79. The molecule has 0 aromatic heterocycles. The maximum Gasteiger partial charge on any atom is 0.397 e. The van der Waals surface area contributed by atoms with Crippen LogP contribution < -0.4 is 11.5 Å². The van der Waals surface area contributed by atoms with Gasteiger partial charge in [0.1, 0.15) is 21.2 Å². The van der Waals surface area contributed by atoms with Gasteiger partial charge in [-0.3, -0.25) is 13.7 Å². The number of azo groups is 1. The molecule has 37 heavy (non-hydrogen) atoms. The van der Waals surface area contributed by atoms with Gasteiger partial charge in [0.25, 0.3) is 20.2 Å². The summed E-state index contributed by atoms with van der Waals surface area (Å²) in [6.45, 7) is -0.445. The lowest BCUT2D eigenvalue weighted by Crippen LogP contribution is -2.06. The van der Waals surface area contributed by atoms with Crippen molar-refractivity contribution < 1.29 is 48.2 Å². The summed E-state index contributed by atoms with van der Waals surface area (Å²) in [4.78, 5) is -1.43. The Kier molecular flexibility index (Phi) is 8.00. The molecule has 0 amide bonds. The molecule has 3 rings (SSSR count). The molecule has 0 radical (unpaired) electrons. The molecular weight excluding hydrogens is 576 g/mol. The van der Waals surface area contributed by atoms with E-state index in [2.05, 4.69) is 14.4 Å². The van der Waals surface area contributed by atoms with Gasteiger partial charge in [-0.25, -0.2) is 4.18 Å². The first-order valence-electron chi connectivity index (χ1n) is 9.58. The smallest absolute Gasteiger partial charge is 0.397 e. The Morgan fingerprint density at radius 1 is 0.865 bits per heavy atom. The summed E-state index contributed by atoms with van der Waals surface area (Å²) in [6.07, 6.45) is 0. The van der Waals surface area contributed by atoms with E-state index in [1.807, 2.05) is 0 Å². The van der Waals surface area contributed by atoms with Gasteiger partial charge < -0.3 is 16.6 Å². The number of phenols is 1. The molecule has 0 saturated carbocycles. The van der Waals surface area contributed by atoms with E-state index < -0.39 is 64.2 Å². The average molecular weight is 595 g/mol. The van der Waals surface area contributed by atoms with E-state index in [0.29, 0.717) is 0 Å². The summed E-state index contributed by atoms with van der Waals surface area (Å²) < 4.78 is 101. The highest BCUT2D eigenvalue weighted by Crippen LogP contribution is 2.45. The molecule has 3 aromatic carbocycles. The van der Waals surface area contributed by atoms with E-state index in [1.165, 1.54) is 18.2 Å². The largest absolute Gasteiger partial charge is 0.505 e. The van der Waals surface area contributed by atoms with Gasteiger partial charge in [0, 0.05) is 10.6 Å². The van der Waals surface area contributed by atoms with Crippen LogP contribution in [0.15, 0.2) is 61.3 Å². The van der Waals surface area contributed by atoms with Crippen LogP contribution in [0.3, 0.4) is 0 Å². The normalized spacial score (nSPS) is 12.9. The maximum atomic E-state index is 12.0. The molecule has 15 nitrogen and oxygen atoms in total. The lowest BCUT2D eigenvalue weighted by Gasteiger charge is -2.12. The number of nitrogens with two attached hydrogens (primary N) is 2. The van der Waals surface area contributed by atoms with Crippen molar-refractivity contribution in [3.8, 4) is 5.75 Å². The van der Waals surface area contributed by atoms with E-state index >= 15 is 0 Å². The van der Waals surface area contributed by atoms with Crippen molar-refractivity contribution in [1.29, 1.82) is 0 Å². The van der Waals surface area contributed by atoms with Crippen LogP contribution in [0.1, 0.15) is 0 Å². The van der Waals surface area contributed by atoms with Gasteiger partial charge in [0.15, 0.2) is 5.75 Å². The van der Waals surface area contributed by atoms with Gasteiger partial charge in [0.05, 0.1) is 23.4 Å². The number of phenolic OH excluding ortho intramolecular Hbond substituents is 1. The number of nitrogen functional groups attached to an aromatic ring is 2. The summed E-state index contributed by atoms with van der Waals surface area (Å²) in [6, 6.07) is 6.99. The quantitative estimate of drug-likeness (QED) is 0.0683. The number of aromatic hydroxyl groups is 1. The maximum absolute atomic E-state index is 12.0. The molecule has 0 saturated heterocycles. The van der Waals surface area contributed by atoms with Gasteiger partial charge in [-0.05, 0) is 35.7 Å². The lowest BCUT2D eigenvalue weighted by molar-refractivity contribution is 0.285. The van der Waals surface area contributed by atoms with Crippen molar-refractivity contribution in [1.82, 2.24) is 0 Å². The second-order valence-electron chi connectivity index (χ2n) is 7.12. The summed E-state index contributed by atoms with van der Waals surface area (Å²) in [5, 5.41) is 18.0. The molecule has 0 aliphatic rings. The highest BCUT2D eigenvalue weighted by molar-refractivity contribution is 7.99. The van der Waals surface area contributed by atoms with E-state index in [9.17, 15) is 39.5 Å². The van der Waals surface area contributed by atoms with Gasteiger partial charge in [-0.2, -0.15) is 25.3 Å². The molecule has 0 aliphatic heterocycles. The zero-order valence-corrected chi connectivity index (χ0v) is 21.5. The van der Waals surface area contributed by atoms with Gasteiger partial charge in [-0.15, -0.1) is 22.0 Å². The molecule has 8 N–H and O–H groups in total. The standard InChI is InChI=1S/C18H18N4O11S4/c19-11-3-1-9-7-14(36(27,28)29)17(18(23)15(9)16(11)20)22-21-12-4-2-10(8-13(12)35(24,25)26)34-6-5-33-37(30,31)32/h1-4,7-8,23H,5-6,19-20H2,(H,24,25,26)(H,27,28,29)(H,30,31,32). The highest BCUT2D eigenvalue weighted by atomic mass is 32.3. The van der Waals surface area contributed by atoms with Crippen molar-refractivity contribution in [2.75, 3.05) is 23.8 Å². The van der Waals surface area contributed by atoms with Gasteiger partial charge >= 0.3 is 10.4 Å². The third-order valence-electron chi connectivity index (χ3n) is 4.62. The van der Waals surface area contributed by atoms with Crippen LogP contribution in [0.5, 0.6) is 5.75 Å². The zero-order chi connectivity index (χ0) is 27.8. The van der Waals surface area contributed by atoms with Crippen molar-refractivity contribution in [3.63, 3.8) is 0 Å². The van der Waals surface area contributed by atoms with Crippen LogP contribution in [-0.2, 0) is 34.8 Å². The fourth-order valence-electron chi connectivity index (χ4n) is 3.05.